The summed E-state index contributed by atoms with van der Waals surface area (Å²) in [7, 11) is 0. The number of nitrogens with one attached hydrogen (secondary N) is 1. The van der Waals surface area contributed by atoms with Gasteiger partial charge in [-0.15, -0.1) is 0 Å². The van der Waals surface area contributed by atoms with E-state index in [9.17, 15) is 19.5 Å². The molecule has 2 aliphatic rings. The molecule has 3 rings (SSSR count). The number of carbonyl (C=O) groups excluding carboxylic acids is 2. The van der Waals surface area contributed by atoms with Gasteiger partial charge in [0.25, 0.3) is 5.91 Å². The highest BCUT2D eigenvalue weighted by molar-refractivity contribution is 6.32. The molecule has 11 nitrogen and oxygen atoms in total. The first kappa shape index (κ1) is 27.7. The zero-order valence-corrected chi connectivity index (χ0v) is 15.4. The van der Waals surface area contributed by atoms with Crippen LogP contribution in [-0.4, -0.2) is 61.8 Å². The van der Waals surface area contributed by atoms with Crippen LogP contribution in [0.2, 0.25) is 0 Å². The van der Waals surface area contributed by atoms with Gasteiger partial charge in [0.1, 0.15) is 17.8 Å². The number of rotatable bonds is 4. The molecule has 0 aromatic heterocycles. The van der Waals surface area contributed by atoms with Crippen molar-refractivity contribution in [3.05, 3.63) is 46.6 Å². The monoisotopic (exact) mass is 421 g/mol. The van der Waals surface area contributed by atoms with Gasteiger partial charge < -0.3 is 38.1 Å². The third-order valence-electron chi connectivity index (χ3n) is 4.32. The Morgan fingerprint density at radius 3 is 2.29 bits per heavy atom. The maximum absolute atomic E-state index is 12.3. The van der Waals surface area contributed by atoms with Gasteiger partial charge in [-0.3, -0.25) is 14.5 Å². The van der Waals surface area contributed by atoms with Crippen molar-refractivity contribution in [3.8, 4) is 0 Å². The Bertz CT molecular complexity index is 743. The molecule has 1 aromatic rings. The normalized spacial score (nSPS) is 20.6. The van der Waals surface area contributed by atoms with Crippen LogP contribution >= 0.6 is 11.6 Å². The second kappa shape index (κ2) is 10.7. The summed E-state index contributed by atoms with van der Waals surface area (Å²) in [6.45, 7) is 0. The van der Waals surface area contributed by atoms with E-state index < -0.39 is 35.9 Å². The van der Waals surface area contributed by atoms with Crippen molar-refractivity contribution >= 4 is 29.4 Å². The van der Waals surface area contributed by atoms with Crippen molar-refractivity contribution in [2.24, 2.45) is 5.73 Å². The number of halogens is 1. The first-order valence-corrected chi connectivity index (χ1v) is 7.85. The minimum atomic E-state index is -1.25. The van der Waals surface area contributed by atoms with E-state index in [1.165, 1.54) is 0 Å². The molecular weight excluding hydrogens is 398 g/mol. The van der Waals surface area contributed by atoms with Crippen LogP contribution in [0.4, 0.5) is 0 Å². The van der Waals surface area contributed by atoms with Gasteiger partial charge in [-0.05, 0) is 18.4 Å². The predicted molar refractivity (Wildman–Crippen MR) is 100 cm³/mol. The van der Waals surface area contributed by atoms with Crippen LogP contribution < -0.4 is 11.1 Å². The Labute approximate surface area is 165 Å². The number of amides is 2. The number of hydrogen-bond acceptors (Lipinski definition) is 4. The molecule has 3 atom stereocenters. The summed E-state index contributed by atoms with van der Waals surface area (Å²) in [6.07, 6.45) is 0.849. The topological polar surface area (TPSA) is 239 Å². The highest BCUT2D eigenvalue weighted by Gasteiger charge is 2.53. The molecule has 28 heavy (non-hydrogen) atoms. The quantitative estimate of drug-likeness (QED) is 0.442. The first-order chi connectivity index (χ1) is 11.4. The molecule has 0 bridgehead atoms. The summed E-state index contributed by atoms with van der Waals surface area (Å²) in [5.74, 6) is -2.20. The van der Waals surface area contributed by atoms with Gasteiger partial charge in [-0.1, -0.05) is 41.9 Å². The highest BCUT2D eigenvalue weighted by atomic mass is 35.5. The Morgan fingerprint density at radius 2 is 1.75 bits per heavy atom. The molecule has 12 heteroatoms. The number of nitrogens with zero attached hydrogens (tertiary/aromatic N) is 1. The van der Waals surface area contributed by atoms with Gasteiger partial charge in [-0.25, -0.2) is 4.79 Å². The molecule has 158 valence electrons. The molecule has 2 heterocycles. The molecule has 2 aliphatic heterocycles. The predicted octanol–water partition coefficient (Wildman–Crippen LogP) is -2.59. The van der Waals surface area contributed by atoms with E-state index in [4.69, 9.17) is 17.3 Å². The van der Waals surface area contributed by atoms with E-state index >= 15 is 0 Å². The highest BCUT2D eigenvalue weighted by Crippen LogP contribution is 2.38. The summed E-state index contributed by atoms with van der Waals surface area (Å²) in [5, 5.41) is 12.0. The molecule has 1 fully saturated rings. The van der Waals surface area contributed by atoms with Crippen LogP contribution in [0.5, 0.6) is 0 Å². The minimum Gasteiger partial charge on any atom is -0.477 e. The molecule has 0 radical (unpaired) electrons. The molecule has 0 saturated carbocycles. The van der Waals surface area contributed by atoms with Gasteiger partial charge in [0.15, 0.2) is 0 Å². The molecule has 0 aliphatic carbocycles. The molecule has 1 aromatic carbocycles. The number of nitrogens with two attached hydrogens (primary N) is 1. The molecule has 0 unspecified atom stereocenters. The van der Waals surface area contributed by atoms with Crippen molar-refractivity contribution in [2.75, 3.05) is 0 Å². The Hall–Kier alpha value is -2.54. The fourth-order valence-electron chi connectivity index (χ4n) is 3.07. The second-order valence-corrected chi connectivity index (χ2v) is 6.20. The first-order valence-electron chi connectivity index (χ1n) is 7.47. The lowest BCUT2D eigenvalue weighted by Crippen LogP contribution is -2.72. The molecule has 2 amide bonds. The van der Waals surface area contributed by atoms with Crippen molar-refractivity contribution in [2.45, 2.75) is 31.0 Å². The lowest BCUT2D eigenvalue weighted by atomic mass is 9.86. The van der Waals surface area contributed by atoms with E-state index in [0.717, 1.165) is 4.90 Å². The van der Waals surface area contributed by atoms with E-state index in [1.807, 2.05) is 6.07 Å². The van der Waals surface area contributed by atoms with Crippen molar-refractivity contribution in [1.82, 2.24) is 10.2 Å². The lowest BCUT2D eigenvalue weighted by molar-refractivity contribution is -0.156. The van der Waals surface area contributed by atoms with Gasteiger partial charge >= 0.3 is 5.97 Å². The van der Waals surface area contributed by atoms with E-state index in [1.54, 1.807) is 24.3 Å². The van der Waals surface area contributed by atoms with E-state index in [2.05, 4.69) is 5.32 Å². The average molecular weight is 422 g/mol. The van der Waals surface area contributed by atoms with Crippen LogP contribution in [0.1, 0.15) is 24.4 Å². The van der Waals surface area contributed by atoms with Crippen LogP contribution in [-0.2, 0) is 14.4 Å². The molecular formula is C16H24ClN3O8. The Balaban J connectivity index is 0. The fourth-order valence-corrected chi connectivity index (χ4v) is 3.35. The number of carboxylic acid groups (broad SMARTS) is 1. The number of carboxylic acids is 1. The Kier molecular flexibility index (Phi) is 10.6. The van der Waals surface area contributed by atoms with Crippen molar-refractivity contribution in [1.29, 1.82) is 0 Å². The number of β-lactam (4-membered cyclic amide) rings is 1. The number of aliphatic carboxylic acids is 1. The summed E-state index contributed by atoms with van der Waals surface area (Å²) in [5.41, 5.74) is 6.35. The molecule has 1 saturated heterocycles. The zero-order chi connectivity index (χ0) is 17.4. The number of hydrogen-bond donors (Lipinski definition) is 3. The maximum Gasteiger partial charge on any atom is 0.353 e. The van der Waals surface area contributed by atoms with E-state index in [-0.39, 0.29) is 32.6 Å². The minimum absolute atomic E-state index is 0. The van der Waals surface area contributed by atoms with Gasteiger partial charge in [0.2, 0.25) is 5.91 Å². The molecule has 12 N–H and O–H groups in total. The number of allylic oxidation sites excluding steroid dienone is 1. The SMILES string of the molecule is N[C@@H](C(=O)N[C@@H]1C(=O)N2C(C(=O)O)=C(Cl)CC[C@H]12)c1ccccc1.O.O.O.O. The lowest BCUT2D eigenvalue weighted by Gasteiger charge is -2.49. The number of benzene rings is 1. The Morgan fingerprint density at radius 1 is 1.18 bits per heavy atom. The average Bonchev–Trinajstić information content (AvgIpc) is 2.59. The van der Waals surface area contributed by atoms with Crippen LogP contribution in [0.3, 0.4) is 0 Å². The maximum atomic E-state index is 12.3. The van der Waals surface area contributed by atoms with Crippen LogP contribution in [0.15, 0.2) is 41.1 Å². The largest absolute Gasteiger partial charge is 0.477 e. The standard InChI is InChI=1S/C16H16ClN3O4.4H2O/c17-9-6-7-10-12(15(22)20(10)13(9)16(23)24)19-14(21)11(18)8-4-2-1-3-5-8;;;;/h1-5,10-12H,6-7,18H2,(H,19,21)(H,23,24);4*1H2/t10-,11-,12+;;;;/m1..../s1. The van der Waals surface area contributed by atoms with Gasteiger partial charge in [-0.2, -0.15) is 0 Å². The smallest absolute Gasteiger partial charge is 0.353 e. The summed E-state index contributed by atoms with van der Waals surface area (Å²) >= 11 is 5.92. The number of carbonyl (C=O) groups is 3. The second-order valence-electron chi connectivity index (χ2n) is 5.75. The van der Waals surface area contributed by atoms with Crippen molar-refractivity contribution in [3.63, 3.8) is 0 Å². The number of fused-ring (bicyclic) bond motifs is 1. The molecule has 0 spiro atoms. The van der Waals surface area contributed by atoms with Crippen LogP contribution in [0.25, 0.3) is 0 Å². The third kappa shape index (κ3) is 4.65. The summed E-state index contributed by atoms with van der Waals surface area (Å²) in [4.78, 5) is 37.0. The zero-order valence-electron chi connectivity index (χ0n) is 14.6. The van der Waals surface area contributed by atoms with E-state index in [0.29, 0.717) is 18.4 Å². The van der Waals surface area contributed by atoms with Gasteiger partial charge in [0.05, 0.1) is 6.04 Å². The van der Waals surface area contributed by atoms with Gasteiger partial charge in [0, 0.05) is 5.03 Å². The van der Waals surface area contributed by atoms with Crippen LogP contribution in [0, 0.1) is 0 Å². The third-order valence-corrected chi connectivity index (χ3v) is 4.69. The fraction of sp³-hybridized carbons (Fsp3) is 0.312. The summed E-state index contributed by atoms with van der Waals surface area (Å²) < 4.78 is 0. The summed E-state index contributed by atoms with van der Waals surface area (Å²) in [6, 6.07) is 6.74. The van der Waals surface area contributed by atoms with Crippen molar-refractivity contribution < 1.29 is 41.4 Å².